The van der Waals surface area contributed by atoms with Crippen molar-refractivity contribution < 1.29 is 33.0 Å². The summed E-state index contributed by atoms with van der Waals surface area (Å²) in [4.78, 5) is 23.3. The van der Waals surface area contributed by atoms with Crippen LogP contribution >= 0.6 is 11.8 Å². The maximum atomic E-state index is 13.5. The van der Waals surface area contributed by atoms with E-state index in [-0.39, 0.29) is 32.9 Å². The number of nitrogens with zero attached hydrogens (tertiary/aromatic N) is 3. The molecule has 0 atom stereocenters. The van der Waals surface area contributed by atoms with Crippen molar-refractivity contribution in [2.24, 2.45) is 10.2 Å². The molecule has 2 heterocycles. The van der Waals surface area contributed by atoms with Crippen LogP contribution in [0, 0.1) is 13.8 Å². The molecule has 1 saturated heterocycles. The fourth-order valence-corrected chi connectivity index (χ4v) is 4.73. The lowest BCUT2D eigenvalue weighted by Crippen LogP contribution is -2.17. The van der Waals surface area contributed by atoms with E-state index in [4.69, 9.17) is 0 Å². The number of phenolic OH excluding ortho intramolecular Hbond substituents is 1. The van der Waals surface area contributed by atoms with Gasteiger partial charge in [0.1, 0.15) is 11.4 Å². The van der Waals surface area contributed by atoms with Crippen LogP contribution in [0.4, 0.5) is 29.3 Å². The van der Waals surface area contributed by atoms with Crippen molar-refractivity contribution in [1.82, 2.24) is 9.88 Å². The number of benzene rings is 3. The second-order valence-corrected chi connectivity index (χ2v) is 9.82. The standard InChI is InChI=1S/C27H19F3N4O4S/c1-13-3-6-17(9-14(13)2)34-20-12-16(27(28,29)30)5-7-18(20)23(25(34)37)33-32-19-8-4-15(10-21(19)35)11-22-24(36)31-26(38)39-22/h3-12,35,37H,1-2H3,(H,31,36,38)/b22-11+,33-32?. The van der Waals surface area contributed by atoms with Crippen molar-refractivity contribution in [2.45, 2.75) is 20.0 Å². The summed E-state index contributed by atoms with van der Waals surface area (Å²) in [6.07, 6.45) is -3.18. The van der Waals surface area contributed by atoms with Crippen LogP contribution < -0.4 is 5.32 Å². The van der Waals surface area contributed by atoms with Gasteiger partial charge in [-0.3, -0.25) is 19.5 Å². The van der Waals surface area contributed by atoms with Gasteiger partial charge in [-0.25, -0.2) is 0 Å². The van der Waals surface area contributed by atoms with E-state index < -0.39 is 28.8 Å². The Bertz CT molecular complexity index is 1740. The number of carbonyl (C=O) groups is 2. The molecule has 39 heavy (non-hydrogen) atoms. The highest BCUT2D eigenvalue weighted by molar-refractivity contribution is 8.18. The number of aromatic nitrogens is 1. The number of nitrogens with one attached hydrogen (secondary N) is 1. The monoisotopic (exact) mass is 552 g/mol. The van der Waals surface area contributed by atoms with Crippen LogP contribution in [0.3, 0.4) is 0 Å². The lowest BCUT2D eigenvalue weighted by atomic mass is 10.1. The minimum Gasteiger partial charge on any atom is -0.506 e. The number of thioether (sulfide) groups is 1. The largest absolute Gasteiger partial charge is 0.506 e. The van der Waals surface area contributed by atoms with E-state index in [1.165, 1.54) is 34.9 Å². The van der Waals surface area contributed by atoms with E-state index in [9.17, 15) is 33.0 Å². The van der Waals surface area contributed by atoms with Gasteiger partial charge in [-0.1, -0.05) is 12.1 Å². The predicted molar refractivity (Wildman–Crippen MR) is 141 cm³/mol. The summed E-state index contributed by atoms with van der Waals surface area (Å²) in [6, 6.07) is 12.5. The van der Waals surface area contributed by atoms with Crippen LogP contribution in [-0.4, -0.2) is 25.9 Å². The molecule has 3 N–H and O–H groups in total. The molecule has 0 aliphatic carbocycles. The molecular weight excluding hydrogens is 533 g/mol. The minimum atomic E-state index is -4.60. The zero-order chi connectivity index (χ0) is 28.1. The Hall–Kier alpha value is -4.58. The highest BCUT2D eigenvalue weighted by atomic mass is 32.2. The van der Waals surface area contributed by atoms with E-state index in [2.05, 4.69) is 15.5 Å². The molecule has 5 rings (SSSR count). The second-order valence-electron chi connectivity index (χ2n) is 8.81. The first-order valence-electron chi connectivity index (χ1n) is 11.4. The van der Waals surface area contributed by atoms with Gasteiger partial charge in [0.25, 0.3) is 11.1 Å². The van der Waals surface area contributed by atoms with Crippen LogP contribution in [0.1, 0.15) is 22.3 Å². The van der Waals surface area contributed by atoms with Crippen molar-refractivity contribution in [3.63, 3.8) is 0 Å². The number of imide groups is 1. The van der Waals surface area contributed by atoms with Crippen LogP contribution in [0.15, 0.2) is 69.7 Å². The number of amides is 2. The smallest absolute Gasteiger partial charge is 0.416 e. The number of halogens is 3. The first kappa shape index (κ1) is 26.0. The zero-order valence-electron chi connectivity index (χ0n) is 20.4. The first-order chi connectivity index (χ1) is 18.4. The number of carbonyl (C=O) groups excluding carboxylic acids is 2. The molecule has 0 saturated carbocycles. The molecule has 0 bridgehead atoms. The molecule has 1 aliphatic heterocycles. The van der Waals surface area contributed by atoms with E-state index >= 15 is 0 Å². The van der Waals surface area contributed by atoms with Crippen molar-refractivity contribution >= 4 is 51.3 Å². The number of fused-ring (bicyclic) bond motifs is 1. The molecule has 198 valence electrons. The molecule has 0 unspecified atom stereocenters. The summed E-state index contributed by atoms with van der Waals surface area (Å²) >= 11 is 0.731. The molecule has 1 fully saturated rings. The Labute approximate surface area is 223 Å². The summed E-state index contributed by atoms with van der Waals surface area (Å²) in [5, 5.41) is 31.5. The van der Waals surface area contributed by atoms with Gasteiger partial charge in [-0.2, -0.15) is 13.2 Å². The van der Waals surface area contributed by atoms with Crippen LogP contribution in [0.25, 0.3) is 22.7 Å². The van der Waals surface area contributed by atoms with E-state index in [1.807, 2.05) is 13.8 Å². The Morgan fingerprint density at radius 2 is 1.72 bits per heavy atom. The molecule has 8 nitrogen and oxygen atoms in total. The topological polar surface area (TPSA) is 116 Å². The Morgan fingerprint density at radius 3 is 2.36 bits per heavy atom. The molecule has 1 aromatic heterocycles. The number of alkyl halides is 3. The summed E-state index contributed by atoms with van der Waals surface area (Å²) in [5.74, 6) is -1.27. The molecular formula is C27H19F3N4O4S. The molecule has 1 aliphatic rings. The van der Waals surface area contributed by atoms with Gasteiger partial charge >= 0.3 is 6.18 Å². The van der Waals surface area contributed by atoms with Gasteiger partial charge in [0, 0.05) is 11.1 Å². The maximum Gasteiger partial charge on any atom is 0.416 e. The van der Waals surface area contributed by atoms with Gasteiger partial charge in [0.15, 0.2) is 5.69 Å². The number of azo groups is 1. The summed E-state index contributed by atoms with van der Waals surface area (Å²) in [6.45, 7) is 3.74. The predicted octanol–water partition coefficient (Wildman–Crippen LogP) is 7.42. The van der Waals surface area contributed by atoms with Gasteiger partial charge in [0.2, 0.25) is 5.88 Å². The lowest BCUT2D eigenvalue weighted by Gasteiger charge is -2.11. The third kappa shape index (κ3) is 4.98. The summed E-state index contributed by atoms with van der Waals surface area (Å²) < 4.78 is 41.8. The molecule has 2 amide bonds. The second kappa shape index (κ2) is 9.62. The molecule has 4 aromatic rings. The average molecular weight is 553 g/mol. The normalized spacial score (nSPS) is 15.2. The summed E-state index contributed by atoms with van der Waals surface area (Å²) in [7, 11) is 0. The number of phenols is 1. The van der Waals surface area contributed by atoms with E-state index in [1.54, 1.807) is 18.2 Å². The van der Waals surface area contributed by atoms with Gasteiger partial charge < -0.3 is 10.2 Å². The van der Waals surface area contributed by atoms with Gasteiger partial charge in [0.05, 0.1) is 16.0 Å². The Morgan fingerprint density at radius 1 is 0.949 bits per heavy atom. The first-order valence-corrected chi connectivity index (χ1v) is 12.3. The average Bonchev–Trinajstić information content (AvgIpc) is 3.33. The van der Waals surface area contributed by atoms with E-state index in [0.717, 1.165) is 35.0 Å². The molecule has 0 radical (unpaired) electrons. The molecule has 0 spiro atoms. The maximum absolute atomic E-state index is 13.5. The van der Waals surface area contributed by atoms with E-state index in [0.29, 0.717) is 11.3 Å². The van der Waals surface area contributed by atoms with Crippen molar-refractivity contribution in [1.29, 1.82) is 0 Å². The lowest BCUT2D eigenvalue weighted by molar-refractivity contribution is -0.137. The van der Waals surface area contributed by atoms with Crippen molar-refractivity contribution in [3.8, 4) is 17.3 Å². The number of hydrogen-bond donors (Lipinski definition) is 3. The fraction of sp³-hybridized carbons (Fsp3) is 0.111. The van der Waals surface area contributed by atoms with Crippen molar-refractivity contribution in [3.05, 3.63) is 81.8 Å². The SMILES string of the molecule is Cc1ccc(-n2c(O)c(N=Nc3ccc(/C=C4/SC(=O)NC4=O)cc3O)c3ccc(C(F)(F)F)cc32)cc1C. The summed E-state index contributed by atoms with van der Waals surface area (Å²) in [5.41, 5.74) is 1.82. The highest BCUT2D eigenvalue weighted by Gasteiger charge is 2.32. The zero-order valence-corrected chi connectivity index (χ0v) is 21.2. The number of aromatic hydroxyl groups is 2. The Balaban J connectivity index is 1.58. The fourth-order valence-electron chi connectivity index (χ4n) is 4.05. The quantitative estimate of drug-likeness (QED) is 0.180. The minimum absolute atomic E-state index is 0.00939. The number of rotatable bonds is 4. The van der Waals surface area contributed by atoms with Crippen molar-refractivity contribution in [2.75, 3.05) is 0 Å². The number of aryl methyl sites for hydroxylation is 2. The highest BCUT2D eigenvalue weighted by Crippen LogP contribution is 2.44. The molecule has 3 aromatic carbocycles. The molecule has 12 heteroatoms. The Kier molecular flexibility index (Phi) is 6.43. The third-order valence-corrected chi connectivity index (χ3v) is 7.00. The van der Waals surface area contributed by atoms with Gasteiger partial charge in [-0.05, 0) is 90.8 Å². The third-order valence-electron chi connectivity index (χ3n) is 6.19. The van der Waals surface area contributed by atoms with Gasteiger partial charge in [-0.15, -0.1) is 10.2 Å². The van der Waals surface area contributed by atoms with Crippen LogP contribution in [0.2, 0.25) is 0 Å². The van der Waals surface area contributed by atoms with Crippen LogP contribution in [0.5, 0.6) is 11.6 Å². The van der Waals surface area contributed by atoms with Crippen LogP contribution in [-0.2, 0) is 11.0 Å². The number of hydrogen-bond acceptors (Lipinski definition) is 7.